The van der Waals surface area contributed by atoms with Gasteiger partial charge in [-0.2, -0.15) is 0 Å². The molecule has 208 valence electrons. The largest absolute Gasteiger partial charge is 0.444 e. The average Bonchev–Trinajstić information content (AvgIpc) is 2.86. The number of aliphatic hydroxyl groups excluding tert-OH is 1. The summed E-state index contributed by atoms with van der Waals surface area (Å²) in [6, 6.07) is 18.2. The highest BCUT2D eigenvalue weighted by Gasteiger charge is 2.29. The summed E-state index contributed by atoms with van der Waals surface area (Å²) in [6.07, 6.45) is -1.18. The monoisotopic (exact) mass is 572 g/mol. The van der Waals surface area contributed by atoms with Gasteiger partial charge >= 0.3 is 6.09 Å². The van der Waals surface area contributed by atoms with Crippen LogP contribution in [0.1, 0.15) is 55.3 Å². The van der Waals surface area contributed by atoms with E-state index in [1.54, 1.807) is 57.2 Å². The maximum atomic E-state index is 13.1. The molecule has 3 N–H and O–H groups in total. The Kier molecular flexibility index (Phi) is 9.43. The van der Waals surface area contributed by atoms with E-state index in [0.717, 1.165) is 5.56 Å². The third kappa shape index (κ3) is 8.05. The second-order valence-corrected chi connectivity index (χ2v) is 12.7. The van der Waals surface area contributed by atoms with Crippen LogP contribution in [-0.2, 0) is 21.0 Å². The van der Waals surface area contributed by atoms with E-state index in [9.17, 15) is 23.1 Å². The van der Waals surface area contributed by atoms with E-state index in [1.165, 1.54) is 41.3 Å². The molecular formula is C29H33ClN2O6S. The number of hydrogen-bond acceptors (Lipinski definition) is 6. The van der Waals surface area contributed by atoms with Gasteiger partial charge in [-0.3, -0.25) is 4.79 Å². The Bertz CT molecular complexity index is 1420. The number of sulfone groups is 1. The number of nitrogens with zero attached hydrogens (tertiary/aromatic N) is 1. The van der Waals surface area contributed by atoms with Crippen molar-refractivity contribution >= 4 is 33.4 Å². The van der Waals surface area contributed by atoms with Gasteiger partial charge in [0.2, 0.25) is 15.7 Å². The van der Waals surface area contributed by atoms with Crippen molar-refractivity contribution in [1.29, 1.82) is 0 Å². The van der Waals surface area contributed by atoms with Gasteiger partial charge in [0, 0.05) is 16.6 Å². The van der Waals surface area contributed by atoms with Crippen molar-refractivity contribution < 1.29 is 27.9 Å². The summed E-state index contributed by atoms with van der Waals surface area (Å²) in [5, 5.41) is 11.3. The molecule has 2 unspecified atom stereocenters. The average molecular weight is 573 g/mol. The van der Waals surface area contributed by atoms with Crippen molar-refractivity contribution in [2.45, 2.75) is 61.7 Å². The lowest BCUT2D eigenvalue weighted by molar-refractivity contribution is 0.00547. The lowest BCUT2D eigenvalue weighted by Crippen LogP contribution is -2.45. The molecule has 3 aromatic carbocycles. The van der Waals surface area contributed by atoms with Crippen molar-refractivity contribution in [1.82, 2.24) is 4.90 Å². The van der Waals surface area contributed by atoms with E-state index in [4.69, 9.17) is 22.1 Å². The molecule has 0 radical (unpaired) electrons. The first-order valence-electron chi connectivity index (χ1n) is 12.3. The third-order valence-electron chi connectivity index (χ3n) is 5.98. The van der Waals surface area contributed by atoms with Gasteiger partial charge < -0.3 is 20.5 Å². The van der Waals surface area contributed by atoms with Crippen LogP contribution in [0.25, 0.3) is 0 Å². The van der Waals surface area contributed by atoms with Gasteiger partial charge in [0.25, 0.3) is 0 Å². The maximum Gasteiger partial charge on any atom is 0.410 e. The van der Waals surface area contributed by atoms with Crippen LogP contribution in [0.3, 0.4) is 0 Å². The standard InChI is InChI=1S/C29H33ClN2O6S/c1-19(32(28(35)38-29(2,3)4)18-26(33)22-6-5-7-23(30)17-22)16-20-8-12-24(13-9-20)39(36,37)25-14-10-21(11-15-25)27(31)34/h5-15,17,19,26,33H,16,18H2,1-4H3,(H2,31,34). The summed E-state index contributed by atoms with van der Waals surface area (Å²) in [5.74, 6) is -0.641. The van der Waals surface area contributed by atoms with Crippen molar-refractivity contribution in [3.05, 3.63) is 94.5 Å². The van der Waals surface area contributed by atoms with Crippen LogP contribution in [0.5, 0.6) is 0 Å². The first-order chi connectivity index (χ1) is 18.2. The molecule has 0 bridgehead atoms. The minimum Gasteiger partial charge on any atom is -0.444 e. The van der Waals surface area contributed by atoms with Crippen LogP contribution >= 0.6 is 11.6 Å². The van der Waals surface area contributed by atoms with Gasteiger partial charge in [0.05, 0.1) is 22.4 Å². The Morgan fingerprint density at radius 3 is 2.08 bits per heavy atom. The third-order valence-corrected chi connectivity index (χ3v) is 8.00. The fraction of sp³-hybridized carbons (Fsp3) is 0.310. The Morgan fingerprint density at radius 1 is 1.00 bits per heavy atom. The van der Waals surface area contributed by atoms with Gasteiger partial charge in [-0.25, -0.2) is 13.2 Å². The summed E-state index contributed by atoms with van der Waals surface area (Å²) in [5.41, 5.74) is 6.07. The first-order valence-corrected chi connectivity index (χ1v) is 14.2. The molecule has 0 fully saturated rings. The Hall–Kier alpha value is -3.40. The zero-order chi connectivity index (χ0) is 29.0. The molecule has 0 aliphatic rings. The lowest BCUT2D eigenvalue weighted by atomic mass is 10.0. The van der Waals surface area contributed by atoms with E-state index in [2.05, 4.69) is 0 Å². The second kappa shape index (κ2) is 12.2. The number of halogens is 1. The summed E-state index contributed by atoms with van der Waals surface area (Å²) in [6.45, 7) is 7.11. The number of hydrogen-bond donors (Lipinski definition) is 2. The van der Waals surface area contributed by atoms with Crippen molar-refractivity contribution in [2.75, 3.05) is 6.54 Å². The van der Waals surface area contributed by atoms with Crippen molar-refractivity contribution in [3.63, 3.8) is 0 Å². The summed E-state index contributed by atoms with van der Waals surface area (Å²) < 4.78 is 31.7. The van der Waals surface area contributed by atoms with E-state index in [0.29, 0.717) is 17.0 Å². The number of amides is 2. The van der Waals surface area contributed by atoms with Crippen LogP contribution in [0, 0.1) is 0 Å². The Morgan fingerprint density at radius 2 is 1.56 bits per heavy atom. The van der Waals surface area contributed by atoms with Crippen LogP contribution in [0.15, 0.2) is 82.6 Å². The zero-order valence-electron chi connectivity index (χ0n) is 22.3. The molecule has 2 amide bonds. The number of rotatable bonds is 9. The van der Waals surface area contributed by atoms with E-state index in [-0.39, 0.29) is 21.9 Å². The number of nitrogens with two attached hydrogens (primary N) is 1. The molecular weight excluding hydrogens is 540 g/mol. The van der Waals surface area contributed by atoms with E-state index >= 15 is 0 Å². The van der Waals surface area contributed by atoms with Crippen LogP contribution in [0.4, 0.5) is 4.79 Å². The molecule has 0 spiro atoms. The summed E-state index contributed by atoms with van der Waals surface area (Å²) >= 11 is 6.07. The molecule has 0 heterocycles. The number of carbonyl (C=O) groups is 2. The fourth-order valence-electron chi connectivity index (χ4n) is 3.95. The first kappa shape index (κ1) is 30.1. The quantitative estimate of drug-likeness (QED) is 0.364. The van der Waals surface area contributed by atoms with Gasteiger partial charge in [-0.1, -0.05) is 35.9 Å². The van der Waals surface area contributed by atoms with Crippen LogP contribution in [0.2, 0.25) is 5.02 Å². The minimum absolute atomic E-state index is 0.0236. The van der Waals surface area contributed by atoms with Crippen molar-refractivity contribution in [3.8, 4) is 0 Å². The number of aliphatic hydroxyl groups is 1. The molecule has 0 aliphatic heterocycles. The molecule has 0 aromatic heterocycles. The number of carbonyl (C=O) groups excluding carboxylic acids is 2. The second-order valence-electron chi connectivity index (χ2n) is 10.3. The number of benzene rings is 3. The van der Waals surface area contributed by atoms with Crippen LogP contribution < -0.4 is 5.73 Å². The predicted octanol–water partition coefficient (Wildman–Crippen LogP) is 5.17. The van der Waals surface area contributed by atoms with E-state index < -0.39 is 39.6 Å². The van der Waals surface area contributed by atoms with Crippen LogP contribution in [-0.4, -0.2) is 48.6 Å². The minimum atomic E-state index is -3.81. The highest BCUT2D eigenvalue weighted by Crippen LogP contribution is 2.25. The Balaban J connectivity index is 1.79. The van der Waals surface area contributed by atoms with Gasteiger partial charge in [-0.05, 0) is 93.8 Å². The van der Waals surface area contributed by atoms with E-state index in [1.807, 2.05) is 6.92 Å². The lowest BCUT2D eigenvalue weighted by Gasteiger charge is -2.33. The van der Waals surface area contributed by atoms with Gasteiger partial charge in [0.15, 0.2) is 0 Å². The molecule has 0 saturated carbocycles. The number of primary amides is 1. The smallest absolute Gasteiger partial charge is 0.410 e. The molecule has 10 heteroatoms. The maximum absolute atomic E-state index is 13.1. The summed E-state index contributed by atoms with van der Waals surface area (Å²) in [7, 11) is -3.81. The SMILES string of the molecule is CC(Cc1ccc(S(=O)(=O)c2ccc(C(N)=O)cc2)cc1)N(CC(O)c1cccc(Cl)c1)C(=O)OC(C)(C)C. The highest BCUT2D eigenvalue weighted by molar-refractivity contribution is 7.91. The molecule has 0 saturated heterocycles. The number of ether oxygens (including phenoxy) is 1. The normalized spacial score (nSPS) is 13.4. The van der Waals surface area contributed by atoms with Gasteiger partial charge in [0.1, 0.15) is 5.60 Å². The molecule has 39 heavy (non-hydrogen) atoms. The molecule has 0 aliphatic carbocycles. The Labute approximate surface area is 234 Å². The molecule has 2 atom stereocenters. The molecule has 3 aromatic rings. The topological polar surface area (TPSA) is 127 Å². The predicted molar refractivity (Wildman–Crippen MR) is 149 cm³/mol. The summed E-state index contributed by atoms with van der Waals surface area (Å²) in [4.78, 5) is 26.0. The molecule has 3 rings (SSSR count). The highest BCUT2D eigenvalue weighted by atomic mass is 35.5. The fourth-order valence-corrected chi connectivity index (χ4v) is 5.41. The zero-order valence-corrected chi connectivity index (χ0v) is 23.9. The van der Waals surface area contributed by atoms with Crippen molar-refractivity contribution in [2.24, 2.45) is 5.73 Å². The molecule has 8 nitrogen and oxygen atoms in total. The van der Waals surface area contributed by atoms with Gasteiger partial charge in [-0.15, -0.1) is 0 Å².